The number of pyridine rings is 1. The Morgan fingerprint density at radius 1 is 1.18 bits per heavy atom. The highest BCUT2D eigenvalue weighted by molar-refractivity contribution is 7.72. The number of benzene rings is 1. The van der Waals surface area contributed by atoms with E-state index < -0.39 is 68.9 Å². The smallest absolute Gasteiger partial charge is 0.410 e. The molecule has 244 valence electrons. The van der Waals surface area contributed by atoms with Crippen LogP contribution in [0, 0.1) is 5.82 Å². The van der Waals surface area contributed by atoms with Crippen LogP contribution >= 0.6 is 15.2 Å². The number of fused-ring (bicyclic) bond motifs is 1. The number of esters is 1. The molecular formula is C24H33FN4O13P2. The van der Waals surface area contributed by atoms with E-state index in [1.807, 2.05) is 17.1 Å². The Morgan fingerprint density at radius 3 is 2.41 bits per heavy atom. The first-order valence-corrected chi connectivity index (χ1v) is 16.6. The summed E-state index contributed by atoms with van der Waals surface area (Å²) in [6.45, 7) is 1.69. The van der Waals surface area contributed by atoms with Gasteiger partial charge in [0, 0.05) is 50.9 Å². The summed E-state index contributed by atoms with van der Waals surface area (Å²) in [5.74, 6) is -1.75. The predicted octanol–water partition coefficient (Wildman–Crippen LogP) is 0.514. The molecule has 1 aromatic carbocycles. The molecule has 0 radical (unpaired) electrons. The number of methoxy groups -OCH3 is 1. The summed E-state index contributed by atoms with van der Waals surface area (Å²) in [5, 5.41) is 11.1. The lowest BCUT2D eigenvalue weighted by atomic mass is 10.1. The minimum atomic E-state index is -5.72. The van der Waals surface area contributed by atoms with E-state index in [9.17, 15) is 28.6 Å². The number of carbonyl (C=O) groups excluding carboxylic acids is 2. The molecule has 7 N–H and O–H groups in total. The van der Waals surface area contributed by atoms with Gasteiger partial charge >= 0.3 is 27.3 Å². The van der Waals surface area contributed by atoms with E-state index in [1.165, 1.54) is 13.3 Å². The number of aliphatic hydroxyl groups is 1. The molecular weight excluding hydrogens is 633 g/mol. The summed E-state index contributed by atoms with van der Waals surface area (Å²) in [5.41, 5.74) is -0.790. The average molecular weight is 666 g/mol. The molecule has 1 saturated carbocycles. The van der Waals surface area contributed by atoms with Crippen LogP contribution in [-0.2, 0) is 18.6 Å². The summed E-state index contributed by atoms with van der Waals surface area (Å²) in [6, 6.07) is 1.04. The molecule has 0 spiro atoms. The number of hydrogen-bond donors (Lipinski definition) is 7. The quantitative estimate of drug-likeness (QED) is 0.0981. The maximum absolute atomic E-state index is 15.6. The zero-order valence-corrected chi connectivity index (χ0v) is 25.4. The largest absolute Gasteiger partial charge is 0.492 e. The minimum Gasteiger partial charge on any atom is -0.492 e. The van der Waals surface area contributed by atoms with Crippen LogP contribution in [0.3, 0.4) is 0 Å². The van der Waals surface area contributed by atoms with Gasteiger partial charge in [-0.1, -0.05) is 0 Å². The molecule has 44 heavy (non-hydrogen) atoms. The first kappa shape index (κ1) is 33.8. The van der Waals surface area contributed by atoms with E-state index in [4.69, 9.17) is 29.0 Å². The average Bonchev–Trinajstić information content (AvgIpc) is 3.77. The zero-order valence-electron chi connectivity index (χ0n) is 23.6. The van der Waals surface area contributed by atoms with Crippen molar-refractivity contribution in [1.29, 1.82) is 0 Å². The SMILES string of the molecule is COc1c(N2CCNC(C)C2)c(F)cc2c(=O)c(C(=O)OCOC(=O)NCCC(O)(P(=O)(O)O)P(=O)(O)O)cn(C3CC3)c12. The van der Waals surface area contributed by atoms with Gasteiger partial charge in [-0.25, -0.2) is 14.0 Å². The number of anilines is 1. The number of carbonyl (C=O) groups is 2. The molecule has 2 heterocycles. The number of hydrogen-bond acceptors (Lipinski definition) is 11. The van der Waals surface area contributed by atoms with Gasteiger partial charge < -0.3 is 59.0 Å². The summed E-state index contributed by atoms with van der Waals surface area (Å²) in [4.78, 5) is 76.5. The Morgan fingerprint density at radius 2 is 1.84 bits per heavy atom. The second-order valence-electron chi connectivity index (χ2n) is 10.5. The van der Waals surface area contributed by atoms with E-state index in [2.05, 4.69) is 10.1 Å². The Bertz CT molecular complexity index is 1580. The highest BCUT2D eigenvalue weighted by Crippen LogP contribution is 2.68. The van der Waals surface area contributed by atoms with Gasteiger partial charge in [-0.15, -0.1) is 0 Å². The van der Waals surface area contributed by atoms with Crippen LogP contribution in [-0.4, -0.2) is 92.5 Å². The summed E-state index contributed by atoms with van der Waals surface area (Å²) in [7, 11) is -10.1. The van der Waals surface area contributed by atoms with E-state index in [0.717, 1.165) is 18.9 Å². The highest BCUT2D eigenvalue weighted by atomic mass is 31.2. The van der Waals surface area contributed by atoms with Crippen LogP contribution in [0.1, 0.15) is 42.6 Å². The Labute approximate surface area is 249 Å². The van der Waals surface area contributed by atoms with Crippen LogP contribution in [0.4, 0.5) is 14.9 Å². The van der Waals surface area contributed by atoms with Gasteiger partial charge in [0.25, 0.3) is 5.08 Å². The molecule has 2 fully saturated rings. The molecule has 2 aromatic rings. The van der Waals surface area contributed by atoms with Gasteiger partial charge in [0.2, 0.25) is 12.2 Å². The normalized spacial score (nSPS) is 17.8. The van der Waals surface area contributed by atoms with Gasteiger partial charge in [-0.2, -0.15) is 0 Å². The number of nitrogens with zero attached hydrogens (tertiary/aromatic N) is 2. The van der Waals surface area contributed by atoms with Crippen LogP contribution in [0.15, 0.2) is 17.1 Å². The Kier molecular flexibility index (Phi) is 9.78. The number of piperazine rings is 1. The van der Waals surface area contributed by atoms with Gasteiger partial charge in [0.15, 0.2) is 11.6 Å². The first-order chi connectivity index (χ1) is 20.5. The fourth-order valence-corrected chi connectivity index (χ4v) is 7.07. The van der Waals surface area contributed by atoms with E-state index in [0.29, 0.717) is 25.2 Å². The molecule has 4 rings (SSSR count). The first-order valence-electron chi connectivity index (χ1n) is 13.3. The number of alkyl carbamates (subject to hydrolysis) is 1. The van der Waals surface area contributed by atoms with Crippen molar-refractivity contribution in [2.75, 3.05) is 45.0 Å². The molecule has 1 atom stereocenters. The molecule has 1 aliphatic carbocycles. The summed E-state index contributed by atoms with van der Waals surface area (Å²) >= 11 is 0. The summed E-state index contributed by atoms with van der Waals surface area (Å²) in [6.07, 6.45) is 0.154. The second kappa shape index (κ2) is 12.7. The molecule has 0 bridgehead atoms. The Balaban J connectivity index is 1.50. The molecule has 1 unspecified atom stereocenters. The van der Waals surface area contributed by atoms with Crippen molar-refractivity contribution < 1.29 is 62.0 Å². The van der Waals surface area contributed by atoms with Crippen LogP contribution in [0.2, 0.25) is 0 Å². The fourth-order valence-electron chi connectivity index (χ4n) is 4.91. The third-order valence-electron chi connectivity index (χ3n) is 7.29. The van der Waals surface area contributed by atoms with Crippen LogP contribution < -0.4 is 25.7 Å². The van der Waals surface area contributed by atoms with Gasteiger partial charge in [-0.3, -0.25) is 13.9 Å². The molecule has 20 heteroatoms. The fraction of sp³-hybridized carbons (Fsp3) is 0.542. The standard InChI is InChI=1S/C24H33FN4O13P2/c1-13-10-28(8-7-26-13)19-17(25)9-15-18(21(19)40-2)29(14-3-4-14)11-16(20(15)30)22(31)41-12-42-23(32)27-6-5-24(33,43(34,35)36)44(37,38)39/h9,11,13-14,26,33H,3-8,10,12H2,1-2H3,(H,27,32)(H2,34,35,36)(H2,37,38,39). The lowest BCUT2D eigenvalue weighted by Gasteiger charge is -2.35. The monoisotopic (exact) mass is 666 g/mol. The van der Waals surface area contributed by atoms with E-state index in [1.54, 1.807) is 4.57 Å². The maximum Gasteiger partial charge on any atom is 0.410 e. The number of nitrogens with one attached hydrogen (secondary N) is 2. The van der Waals surface area contributed by atoms with Crippen molar-refractivity contribution in [2.45, 2.75) is 43.4 Å². The minimum absolute atomic E-state index is 0.0818. The summed E-state index contributed by atoms with van der Waals surface area (Å²) < 4.78 is 55.1. The number of aromatic nitrogens is 1. The molecule has 1 saturated heterocycles. The van der Waals surface area contributed by atoms with Crippen molar-refractivity contribution >= 4 is 43.8 Å². The number of rotatable bonds is 11. The van der Waals surface area contributed by atoms with Crippen LogP contribution in [0.25, 0.3) is 10.9 Å². The van der Waals surface area contributed by atoms with Crippen LogP contribution in [0.5, 0.6) is 5.75 Å². The maximum atomic E-state index is 15.6. The molecule has 1 aliphatic heterocycles. The van der Waals surface area contributed by atoms with Gasteiger partial charge in [0.05, 0.1) is 18.0 Å². The second-order valence-corrected chi connectivity index (χ2v) is 14.5. The lowest BCUT2D eigenvalue weighted by molar-refractivity contribution is -0.00269. The molecule has 2 aliphatic rings. The lowest BCUT2D eigenvalue weighted by Crippen LogP contribution is -2.49. The van der Waals surface area contributed by atoms with Crippen molar-refractivity contribution in [1.82, 2.24) is 15.2 Å². The number of ether oxygens (including phenoxy) is 3. The highest BCUT2D eigenvalue weighted by Gasteiger charge is 2.58. The van der Waals surface area contributed by atoms with Gasteiger partial charge in [-0.05, 0) is 25.8 Å². The van der Waals surface area contributed by atoms with E-state index >= 15 is 4.39 Å². The zero-order chi connectivity index (χ0) is 32.6. The Hall–Kier alpha value is -3.08. The third kappa shape index (κ3) is 6.77. The number of amides is 1. The van der Waals surface area contributed by atoms with Crippen molar-refractivity contribution in [3.8, 4) is 5.75 Å². The molecule has 1 aromatic heterocycles. The third-order valence-corrected chi connectivity index (χ3v) is 11.2. The number of halogens is 1. The van der Waals surface area contributed by atoms with Gasteiger partial charge in [0.1, 0.15) is 11.3 Å². The van der Waals surface area contributed by atoms with Crippen molar-refractivity contribution in [3.05, 3.63) is 33.9 Å². The van der Waals surface area contributed by atoms with E-state index in [-0.39, 0.29) is 28.9 Å². The molecule has 17 nitrogen and oxygen atoms in total. The molecule has 1 amide bonds. The topological polar surface area (TPSA) is 246 Å². The van der Waals surface area contributed by atoms with Crippen molar-refractivity contribution in [3.63, 3.8) is 0 Å². The van der Waals surface area contributed by atoms with Crippen molar-refractivity contribution in [2.24, 2.45) is 0 Å². The predicted molar refractivity (Wildman–Crippen MR) is 151 cm³/mol.